The van der Waals surface area contributed by atoms with Crippen LogP contribution in [0.15, 0.2) is 24.7 Å². The molecule has 3 aliphatic rings. The Bertz CT molecular complexity index is 1200. The summed E-state index contributed by atoms with van der Waals surface area (Å²) in [6.07, 6.45) is 9.41. The second-order valence-corrected chi connectivity index (χ2v) is 10.7. The van der Waals surface area contributed by atoms with Crippen molar-refractivity contribution in [2.24, 2.45) is 5.92 Å². The van der Waals surface area contributed by atoms with E-state index in [-0.39, 0.29) is 30.4 Å². The van der Waals surface area contributed by atoms with Gasteiger partial charge < -0.3 is 24.6 Å². The van der Waals surface area contributed by atoms with Gasteiger partial charge in [-0.05, 0) is 38.7 Å². The fourth-order valence-corrected chi connectivity index (χ4v) is 6.04. The summed E-state index contributed by atoms with van der Waals surface area (Å²) < 4.78 is 21.4. The van der Waals surface area contributed by atoms with E-state index in [9.17, 15) is 5.11 Å². The Balaban J connectivity index is 1.34. The summed E-state index contributed by atoms with van der Waals surface area (Å²) in [7, 11) is 1.69. The molecule has 3 fully saturated rings. The molecule has 2 saturated heterocycles. The normalized spacial score (nSPS) is 31.1. The van der Waals surface area contributed by atoms with Crippen LogP contribution in [0.2, 0.25) is 0 Å². The number of methoxy groups -OCH3 is 1. The lowest BCUT2D eigenvalue weighted by Crippen LogP contribution is -2.27. The molecule has 2 N–H and O–H groups in total. The summed E-state index contributed by atoms with van der Waals surface area (Å²) in [5, 5.41) is 23.0. The molecule has 0 aromatic carbocycles. The minimum Gasteiger partial charge on any atom is -0.393 e. The van der Waals surface area contributed by atoms with E-state index in [1.165, 1.54) is 0 Å². The monoisotopic (exact) mass is 496 g/mol. The topological polar surface area (TPSA) is 108 Å². The smallest absolute Gasteiger partial charge is 0.241 e. The molecule has 3 aromatic heterocycles. The van der Waals surface area contributed by atoms with Gasteiger partial charge in [0.25, 0.3) is 0 Å². The highest BCUT2D eigenvalue weighted by Gasteiger charge is 2.47. The van der Waals surface area contributed by atoms with Crippen LogP contribution in [0.5, 0.6) is 0 Å². The predicted molar refractivity (Wildman–Crippen MR) is 134 cm³/mol. The van der Waals surface area contributed by atoms with Crippen molar-refractivity contribution in [3.8, 4) is 11.1 Å². The summed E-state index contributed by atoms with van der Waals surface area (Å²) in [6.45, 7) is 6.15. The van der Waals surface area contributed by atoms with Gasteiger partial charge in [0.15, 0.2) is 0 Å². The van der Waals surface area contributed by atoms with Crippen LogP contribution in [0.3, 0.4) is 0 Å². The minimum absolute atomic E-state index is 0.0498. The van der Waals surface area contributed by atoms with Gasteiger partial charge in [-0.2, -0.15) is 5.10 Å². The predicted octanol–water partition coefficient (Wildman–Crippen LogP) is 3.03. The molecule has 0 unspecified atom stereocenters. The van der Waals surface area contributed by atoms with Crippen molar-refractivity contribution in [1.82, 2.24) is 24.4 Å². The molecule has 1 aliphatic carbocycles. The number of aromatic nitrogens is 5. The molecule has 194 valence electrons. The lowest BCUT2D eigenvalue weighted by atomic mass is 9.85. The Morgan fingerprint density at radius 1 is 1.17 bits per heavy atom. The first-order valence-electron chi connectivity index (χ1n) is 13.1. The van der Waals surface area contributed by atoms with Crippen molar-refractivity contribution in [2.45, 2.75) is 75.8 Å². The number of aliphatic hydroxyl groups is 1. The molecule has 3 aromatic rings. The van der Waals surface area contributed by atoms with Crippen molar-refractivity contribution < 1.29 is 19.3 Å². The number of hydrogen-bond donors (Lipinski definition) is 2. The van der Waals surface area contributed by atoms with E-state index in [0.29, 0.717) is 31.0 Å². The molecule has 5 atom stereocenters. The highest BCUT2D eigenvalue weighted by molar-refractivity contribution is 5.81. The lowest BCUT2D eigenvalue weighted by molar-refractivity contribution is 0.0613. The number of hydrogen-bond acceptors (Lipinski definition) is 8. The molecule has 0 radical (unpaired) electrons. The standard InChI is InChI=1S/C26H36N6O4/c1-15-12-35-25-23(14-36-24(15)25)31-11-18(9-28-31)20-8-21(17-4-6-19(33)7-5-17)32-22(20)10-27-26(30-32)29-16(2)13-34-3/h8-11,15-17,19,23-25,33H,4-7,12-14H2,1-3H3,(H,29,30)/t15-,16+,17?,19?,23+,24-,25-/m1/s1. The van der Waals surface area contributed by atoms with Crippen LogP contribution in [-0.2, 0) is 14.2 Å². The Kier molecular flexibility index (Phi) is 6.45. The number of fused-ring (bicyclic) bond motifs is 2. The molecular formula is C26H36N6O4. The van der Waals surface area contributed by atoms with Crippen LogP contribution in [0, 0.1) is 5.92 Å². The Hall–Kier alpha value is -2.53. The van der Waals surface area contributed by atoms with E-state index < -0.39 is 0 Å². The highest BCUT2D eigenvalue weighted by atomic mass is 16.6. The Labute approximate surface area is 210 Å². The zero-order chi connectivity index (χ0) is 24.8. The lowest BCUT2D eigenvalue weighted by Gasteiger charge is -2.25. The molecule has 0 amide bonds. The van der Waals surface area contributed by atoms with Crippen molar-refractivity contribution >= 4 is 11.5 Å². The van der Waals surface area contributed by atoms with Crippen molar-refractivity contribution in [2.75, 3.05) is 32.2 Å². The van der Waals surface area contributed by atoms with Crippen molar-refractivity contribution in [3.63, 3.8) is 0 Å². The quantitative estimate of drug-likeness (QED) is 0.514. The second kappa shape index (κ2) is 9.74. The molecule has 0 spiro atoms. The molecule has 36 heavy (non-hydrogen) atoms. The van der Waals surface area contributed by atoms with Crippen molar-refractivity contribution in [1.29, 1.82) is 0 Å². The molecule has 6 rings (SSSR count). The third kappa shape index (κ3) is 4.30. The zero-order valence-corrected chi connectivity index (χ0v) is 21.2. The average Bonchev–Trinajstić information content (AvgIpc) is 3.64. The zero-order valence-electron chi connectivity index (χ0n) is 21.2. The first-order chi connectivity index (χ1) is 17.5. The molecule has 0 bridgehead atoms. The molecule has 1 saturated carbocycles. The van der Waals surface area contributed by atoms with Gasteiger partial charge in [0.1, 0.15) is 12.1 Å². The summed E-state index contributed by atoms with van der Waals surface area (Å²) in [4.78, 5) is 4.62. The van der Waals surface area contributed by atoms with Gasteiger partial charge in [-0.15, -0.1) is 5.10 Å². The van der Waals surface area contributed by atoms with Crippen LogP contribution < -0.4 is 5.32 Å². The van der Waals surface area contributed by atoms with E-state index in [1.807, 2.05) is 28.5 Å². The van der Waals surface area contributed by atoms with E-state index in [2.05, 4.69) is 29.5 Å². The maximum atomic E-state index is 10.1. The van der Waals surface area contributed by atoms with Crippen LogP contribution in [0.1, 0.15) is 57.2 Å². The van der Waals surface area contributed by atoms with Crippen LogP contribution >= 0.6 is 0 Å². The third-order valence-corrected chi connectivity index (χ3v) is 7.98. The second-order valence-electron chi connectivity index (χ2n) is 10.7. The third-order valence-electron chi connectivity index (χ3n) is 7.98. The van der Waals surface area contributed by atoms with E-state index in [4.69, 9.17) is 24.4 Å². The van der Waals surface area contributed by atoms with Crippen LogP contribution in [0.25, 0.3) is 16.6 Å². The number of nitrogens with zero attached hydrogens (tertiary/aromatic N) is 5. The average molecular weight is 497 g/mol. The number of anilines is 1. The fourth-order valence-electron chi connectivity index (χ4n) is 6.04. The van der Waals surface area contributed by atoms with Gasteiger partial charge in [0, 0.05) is 48.0 Å². The SMILES string of the molecule is COC[C@H](C)Nc1ncc2c(-c3cnn([C@H]4CO[C@H]5[C@@H]4OC[C@H]5C)c3)cc(C3CCC(O)CC3)n2n1. The maximum Gasteiger partial charge on any atom is 0.241 e. The van der Waals surface area contributed by atoms with Gasteiger partial charge in [-0.1, -0.05) is 6.92 Å². The Morgan fingerprint density at radius 3 is 2.78 bits per heavy atom. The van der Waals surface area contributed by atoms with E-state index in [1.54, 1.807) is 7.11 Å². The summed E-state index contributed by atoms with van der Waals surface area (Å²) in [6, 6.07) is 2.40. The van der Waals surface area contributed by atoms with Gasteiger partial charge in [0.2, 0.25) is 5.95 Å². The number of rotatable bonds is 7. The van der Waals surface area contributed by atoms with Gasteiger partial charge in [-0.3, -0.25) is 4.68 Å². The first-order valence-corrected chi connectivity index (χ1v) is 13.1. The van der Waals surface area contributed by atoms with Gasteiger partial charge in [0.05, 0.1) is 49.9 Å². The molecule has 2 aliphatic heterocycles. The number of aliphatic hydroxyl groups excluding tert-OH is 1. The van der Waals surface area contributed by atoms with Crippen LogP contribution in [-0.4, -0.2) is 80.8 Å². The Morgan fingerprint density at radius 2 is 1.97 bits per heavy atom. The number of nitrogens with one attached hydrogen (secondary N) is 1. The largest absolute Gasteiger partial charge is 0.393 e. The fraction of sp³-hybridized carbons (Fsp3) is 0.654. The highest BCUT2D eigenvalue weighted by Crippen LogP contribution is 2.40. The summed E-state index contributed by atoms with van der Waals surface area (Å²) in [5.74, 6) is 1.32. The molecule has 10 nitrogen and oxygen atoms in total. The van der Waals surface area contributed by atoms with Gasteiger partial charge >= 0.3 is 0 Å². The van der Waals surface area contributed by atoms with Crippen molar-refractivity contribution in [3.05, 3.63) is 30.4 Å². The minimum atomic E-state index is -0.204. The van der Waals surface area contributed by atoms with Gasteiger partial charge in [-0.25, -0.2) is 9.50 Å². The van der Waals surface area contributed by atoms with E-state index >= 15 is 0 Å². The number of ether oxygens (including phenoxy) is 3. The molecular weight excluding hydrogens is 460 g/mol. The first kappa shape index (κ1) is 23.8. The summed E-state index contributed by atoms with van der Waals surface area (Å²) in [5.41, 5.74) is 4.20. The van der Waals surface area contributed by atoms with Crippen LogP contribution in [0.4, 0.5) is 5.95 Å². The molecule has 10 heteroatoms. The van der Waals surface area contributed by atoms with E-state index in [0.717, 1.165) is 54.6 Å². The maximum absolute atomic E-state index is 10.1. The molecule has 5 heterocycles. The summed E-state index contributed by atoms with van der Waals surface area (Å²) >= 11 is 0.